The highest BCUT2D eigenvalue weighted by Gasteiger charge is 2.44. The summed E-state index contributed by atoms with van der Waals surface area (Å²) in [5.41, 5.74) is 5.99. The Labute approximate surface area is 208 Å². The second-order valence-corrected chi connectivity index (χ2v) is 9.49. The number of rotatable bonds is 6. The van der Waals surface area contributed by atoms with E-state index in [9.17, 15) is 4.79 Å². The first kappa shape index (κ1) is 22.9. The first-order valence-corrected chi connectivity index (χ1v) is 12.4. The molecule has 0 saturated heterocycles. The third-order valence-corrected chi connectivity index (χ3v) is 7.08. The number of ketones is 1. The van der Waals surface area contributed by atoms with Gasteiger partial charge in [0.2, 0.25) is 0 Å². The summed E-state index contributed by atoms with van der Waals surface area (Å²) in [5, 5.41) is 0. The number of para-hydroxylation sites is 2. The van der Waals surface area contributed by atoms with Crippen molar-refractivity contribution >= 4 is 17.2 Å². The summed E-state index contributed by atoms with van der Waals surface area (Å²) in [4.78, 5) is 16.6. The zero-order chi connectivity index (χ0) is 24.1. The predicted octanol–water partition coefficient (Wildman–Crippen LogP) is 7.95. The third-order valence-electron chi connectivity index (χ3n) is 7.08. The van der Waals surface area contributed by atoms with Crippen LogP contribution in [0.5, 0.6) is 0 Å². The standard InChI is InChI=1S/C33H31NO/c1-26-19-21-27(22-20-26)24-33(29-13-5-2-6-14-29)23-11-12-28(32(33)35)25-34(30-15-7-3-8-16-30)31-17-9-4-10-18-31/h2-10,13-22,25H,11-12,23-24H2,1H3/b28-25+. The Morgan fingerprint density at radius 1 is 0.743 bits per heavy atom. The Morgan fingerprint density at radius 2 is 1.29 bits per heavy atom. The van der Waals surface area contributed by atoms with Gasteiger partial charge in [-0.25, -0.2) is 0 Å². The largest absolute Gasteiger partial charge is 0.317 e. The van der Waals surface area contributed by atoms with Crippen molar-refractivity contribution in [3.8, 4) is 0 Å². The minimum absolute atomic E-state index is 0.243. The van der Waals surface area contributed by atoms with Gasteiger partial charge in [-0.05, 0) is 68.0 Å². The fraction of sp³-hybridized carbons (Fsp3) is 0.182. The van der Waals surface area contributed by atoms with Crippen molar-refractivity contribution in [3.05, 3.63) is 144 Å². The molecule has 0 amide bonds. The van der Waals surface area contributed by atoms with Crippen molar-refractivity contribution < 1.29 is 4.79 Å². The third kappa shape index (κ3) is 4.83. The smallest absolute Gasteiger partial charge is 0.171 e. The minimum Gasteiger partial charge on any atom is -0.317 e. The summed E-state index contributed by atoms with van der Waals surface area (Å²) in [7, 11) is 0. The number of nitrogens with zero attached hydrogens (tertiary/aromatic N) is 1. The Hall–Kier alpha value is -3.91. The summed E-state index contributed by atoms with van der Waals surface area (Å²) in [6.07, 6.45) is 5.42. The van der Waals surface area contributed by atoms with Crippen LogP contribution in [0.1, 0.15) is 36.0 Å². The highest BCUT2D eigenvalue weighted by atomic mass is 16.1. The van der Waals surface area contributed by atoms with E-state index in [4.69, 9.17) is 0 Å². The van der Waals surface area contributed by atoms with Crippen LogP contribution in [0.3, 0.4) is 0 Å². The molecule has 35 heavy (non-hydrogen) atoms. The van der Waals surface area contributed by atoms with Gasteiger partial charge in [0.1, 0.15) is 0 Å². The van der Waals surface area contributed by atoms with E-state index in [-0.39, 0.29) is 5.78 Å². The van der Waals surface area contributed by atoms with Crippen molar-refractivity contribution in [2.45, 2.75) is 38.0 Å². The van der Waals surface area contributed by atoms with E-state index in [0.29, 0.717) is 6.42 Å². The normalized spacial score (nSPS) is 19.0. The van der Waals surface area contributed by atoms with Crippen molar-refractivity contribution in [2.75, 3.05) is 4.90 Å². The molecule has 0 N–H and O–H groups in total. The van der Waals surface area contributed by atoms with Crippen molar-refractivity contribution in [2.24, 2.45) is 0 Å². The summed E-state index contributed by atoms with van der Waals surface area (Å²) in [6.45, 7) is 2.10. The van der Waals surface area contributed by atoms with Crippen LogP contribution in [-0.4, -0.2) is 5.78 Å². The van der Waals surface area contributed by atoms with E-state index in [1.54, 1.807) is 0 Å². The van der Waals surface area contributed by atoms with Gasteiger partial charge in [0.05, 0.1) is 5.41 Å². The van der Waals surface area contributed by atoms with Crippen LogP contribution in [-0.2, 0) is 16.6 Å². The number of allylic oxidation sites excluding steroid dienone is 1. The van der Waals surface area contributed by atoms with E-state index in [2.05, 4.69) is 90.8 Å². The van der Waals surface area contributed by atoms with Gasteiger partial charge < -0.3 is 4.90 Å². The zero-order valence-electron chi connectivity index (χ0n) is 20.2. The van der Waals surface area contributed by atoms with E-state index in [1.807, 2.05) is 42.5 Å². The highest BCUT2D eigenvalue weighted by molar-refractivity contribution is 6.05. The molecule has 1 fully saturated rings. The number of hydrogen-bond donors (Lipinski definition) is 0. The molecule has 0 aromatic heterocycles. The van der Waals surface area contributed by atoms with Crippen molar-refractivity contribution in [1.82, 2.24) is 0 Å². The van der Waals surface area contributed by atoms with Gasteiger partial charge in [-0.3, -0.25) is 4.79 Å². The Kier molecular flexibility index (Phi) is 6.63. The van der Waals surface area contributed by atoms with E-state index >= 15 is 0 Å². The molecule has 4 aromatic rings. The van der Waals surface area contributed by atoms with Gasteiger partial charge in [0.25, 0.3) is 0 Å². The van der Waals surface area contributed by atoms with Crippen LogP contribution in [0.4, 0.5) is 11.4 Å². The van der Waals surface area contributed by atoms with Crippen molar-refractivity contribution in [1.29, 1.82) is 0 Å². The molecule has 1 aliphatic rings. The molecule has 1 saturated carbocycles. The highest BCUT2D eigenvalue weighted by Crippen LogP contribution is 2.42. The molecule has 1 atom stereocenters. The van der Waals surface area contributed by atoms with Gasteiger partial charge in [0.15, 0.2) is 5.78 Å². The number of hydrogen-bond acceptors (Lipinski definition) is 2. The van der Waals surface area contributed by atoms with Crippen molar-refractivity contribution in [3.63, 3.8) is 0 Å². The lowest BCUT2D eigenvalue weighted by atomic mass is 9.64. The summed E-state index contributed by atoms with van der Waals surface area (Å²) >= 11 is 0. The molecule has 1 unspecified atom stereocenters. The van der Waals surface area contributed by atoms with Crippen LogP contribution in [0.2, 0.25) is 0 Å². The molecular formula is C33H31NO. The number of benzene rings is 4. The zero-order valence-corrected chi connectivity index (χ0v) is 20.2. The van der Waals surface area contributed by atoms with Gasteiger partial charge >= 0.3 is 0 Å². The molecule has 2 heteroatoms. The molecule has 0 spiro atoms. The second kappa shape index (κ2) is 10.1. The van der Waals surface area contributed by atoms with Crippen LogP contribution >= 0.6 is 0 Å². The van der Waals surface area contributed by atoms with E-state index < -0.39 is 5.41 Å². The summed E-state index contributed by atoms with van der Waals surface area (Å²) < 4.78 is 0. The molecule has 2 nitrogen and oxygen atoms in total. The van der Waals surface area contributed by atoms with E-state index in [0.717, 1.165) is 41.8 Å². The quantitative estimate of drug-likeness (QED) is 0.274. The first-order chi connectivity index (χ1) is 17.2. The number of anilines is 2. The molecule has 0 radical (unpaired) electrons. The molecule has 0 bridgehead atoms. The number of carbonyl (C=O) groups is 1. The molecular weight excluding hydrogens is 426 g/mol. The lowest BCUT2D eigenvalue weighted by molar-refractivity contribution is -0.122. The fourth-order valence-corrected chi connectivity index (χ4v) is 5.23. The maximum atomic E-state index is 14.4. The second-order valence-electron chi connectivity index (χ2n) is 9.49. The maximum Gasteiger partial charge on any atom is 0.171 e. The SMILES string of the molecule is Cc1ccc(CC2(c3ccccc3)CCC/C(=C\N(c3ccccc3)c3ccccc3)C2=O)cc1. The number of carbonyl (C=O) groups excluding carboxylic acids is 1. The monoisotopic (exact) mass is 457 g/mol. The van der Waals surface area contributed by atoms with Crippen LogP contribution in [0.25, 0.3) is 0 Å². The van der Waals surface area contributed by atoms with E-state index in [1.165, 1.54) is 11.1 Å². The molecule has 5 rings (SSSR count). The molecule has 174 valence electrons. The van der Waals surface area contributed by atoms with Gasteiger partial charge in [-0.1, -0.05) is 96.6 Å². The molecule has 0 aliphatic heterocycles. The summed E-state index contributed by atoms with van der Waals surface area (Å²) in [5.74, 6) is 0.243. The average molecular weight is 458 g/mol. The average Bonchev–Trinajstić information content (AvgIpc) is 2.92. The van der Waals surface area contributed by atoms with Crippen LogP contribution in [0.15, 0.2) is 127 Å². The molecule has 1 aliphatic carbocycles. The molecule has 0 heterocycles. The van der Waals surface area contributed by atoms with Gasteiger partial charge in [0, 0.05) is 23.1 Å². The topological polar surface area (TPSA) is 20.3 Å². The lowest BCUT2D eigenvalue weighted by Crippen LogP contribution is -2.42. The number of Topliss-reactive ketones (excluding diaryl/α,β-unsaturated/α-hetero) is 1. The lowest BCUT2D eigenvalue weighted by Gasteiger charge is -2.38. The minimum atomic E-state index is -0.556. The first-order valence-electron chi connectivity index (χ1n) is 12.4. The van der Waals surface area contributed by atoms with Gasteiger partial charge in [-0.15, -0.1) is 0 Å². The number of aryl methyl sites for hydroxylation is 1. The predicted molar refractivity (Wildman–Crippen MR) is 145 cm³/mol. The van der Waals surface area contributed by atoms with Gasteiger partial charge in [-0.2, -0.15) is 0 Å². The summed E-state index contributed by atoms with van der Waals surface area (Å²) in [6, 6.07) is 39.6. The fourth-order valence-electron chi connectivity index (χ4n) is 5.23. The van der Waals surface area contributed by atoms with Crippen LogP contribution in [0, 0.1) is 6.92 Å². The Bertz CT molecular complexity index is 1250. The van der Waals surface area contributed by atoms with Crippen LogP contribution < -0.4 is 4.90 Å². The Balaban J connectivity index is 1.59. The Morgan fingerprint density at radius 3 is 1.86 bits per heavy atom. The maximum absolute atomic E-state index is 14.4. The molecule has 4 aromatic carbocycles.